The van der Waals surface area contributed by atoms with E-state index in [1.807, 2.05) is 0 Å². The zero-order chi connectivity index (χ0) is 15.5. The number of aliphatic hydroxyl groups is 1. The summed E-state index contributed by atoms with van der Waals surface area (Å²) in [6, 6.07) is 3.80. The van der Waals surface area contributed by atoms with Gasteiger partial charge in [0.2, 0.25) is 5.91 Å². The molecule has 1 fully saturated rings. The highest BCUT2D eigenvalue weighted by Gasteiger charge is 2.35. The lowest BCUT2D eigenvalue weighted by atomic mass is 9.76. The minimum Gasteiger partial charge on any atom is -0.394 e. The van der Waals surface area contributed by atoms with Gasteiger partial charge in [-0.15, -0.1) is 0 Å². The summed E-state index contributed by atoms with van der Waals surface area (Å²) in [5, 5.41) is 12.5. The number of amides is 1. The topological polar surface area (TPSA) is 49.3 Å². The Hall–Kier alpha value is -1.49. The molecule has 1 amide bonds. The van der Waals surface area contributed by atoms with Crippen molar-refractivity contribution in [3.05, 3.63) is 35.4 Å². The molecule has 0 radical (unpaired) electrons. The third-order valence-electron chi connectivity index (χ3n) is 4.18. The number of aliphatic hydroxyl groups excluding tert-OH is 1. The van der Waals surface area contributed by atoms with Crippen LogP contribution in [0.1, 0.15) is 38.2 Å². The molecule has 1 aliphatic rings. The maximum Gasteiger partial charge on any atom is 0.225 e. The van der Waals surface area contributed by atoms with Crippen molar-refractivity contribution in [2.45, 2.75) is 44.6 Å². The van der Waals surface area contributed by atoms with Crippen molar-refractivity contribution in [3.63, 3.8) is 0 Å². The van der Waals surface area contributed by atoms with Gasteiger partial charge in [-0.2, -0.15) is 0 Å². The molecule has 0 heterocycles. The van der Waals surface area contributed by atoms with Crippen molar-refractivity contribution in [2.24, 2.45) is 5.92 Å². The van der Waals surface area contributed by atoms with Gasteiger partial charge >= 0.3 is 0 Å². The molecule has 2 atom stereocenters. The van der Waals surface area contributed by atoms with Crippen LogP contribution in [-0.4, -0.2) is 23.2 Å². The molecule has 1 aliphatic carbocycles. The van der Waals surface area contributed by atoms with E-state index in [9.17, 15) is 18.7 Å². The Balaban J connectivity index is 2.05. The molecule has 2 N–H and O–H groups in total. The average Bonchev–Trinajstić information content (AvgIpc) is 2.44. The molecule has 0 aliphatic heterocycles. The van der Waals surface area contributed by atoms with Gasteiger partial charge in [-0.3, -0.25) is 4.79 Å². The standard InChI is InChI=1S/C16H21F2NO2/c1-11-4-3-7-16(9-11,10-20)19-14(21)8-12-5-2-6-13(17)15(12)18/h2,5-6,11,20H,3-4,7-10H2,1H3,(H,19,21). The maximum absolute atomic E-state index is 13.6. The number of carbonyl (C=O) groups is 1. The Morgan fingerprint density at radius 2 is 2.24 bits per heavy atom. The van der Waals surface area contributed by atoms with Crippen LogP contribution in [0.2, 0.25) is 0 Å². The second kappa shape index (κ2) is 6.52. The number of benzene rings is 1. The van der Waals surface area contributed by atoms with E-state index in [4.69, 9.17) is 0 Å². The first-order valence-electron chi connectivity index (χ1n) is 7.30. The minimum atomic E-state index is -0.984. The Morgan fingerprint density at radius 1 is 1.48 bits per heavy atom. The highest BCUT2D eigenvalue weighted by molar-refractivity contribution is 5.79. The number of nitrogens with one attached hydrogen (secondary N) is 1. The monoisotopic (exact) mass is 297 g/mol. The molecule has 1 aromatic carbocycles. The fraction of sp³-hybridized carbons (Fsp3) is 0.562. The Kier molecular flexibility index (Phi) is 4.93. The molecule has 0 spiro atoms. The van der Waals surface area contributed by atoms with E-state index in [1.165, 1.54) is 12.1 Å². The van der Waals surface area contributed by atoms with Gasteiger partial charge in [0, 0.05) is 5.56 Å². The van der Waals surface area contributed by atoms with E-state index in [-0.39, 0.29) is 24.5 Å². The van der Waals surface area contributed by atoms with Gasteiger partial charge in [-0.25, -0.2) is 8.78 Å². The van der Waals surface area contributed by atoms with Gasteiger partial charge in [0.15, 0.2) is 11.6 Å². The van der Waals surface area contributed by atoms with E-state index in [0.29, 0.717) is 18.8 Å². The minimum absolute atomic E-state index is 0.0319. The molecule has 0 aromatic heterocycles. The lowest BCUT2D eigenvalue weighted by Crippen LogP contribution is -2.54. The molecule has 2 unspecified atom stereocenters. The van der Waals surface area contributed by atoms with Crippen molar-refractivity contribution in [2.75, 3.05) is 6.61 Å². The van der Waals surface area contributed by atoms with Crippen LogP contribution in [0.25, 0.3) is 0 Å². The molecule has 0 saturated heterocycles. The molecule has 1 saturated carbocycles. The first-order valence-corrected chi connectivity index (χ1v) is 7.30. The van der Waals surface area contributed by atoms with Crippen LogP contribution in [0.3, 0.4) is 0 Å². The zero-order valence-corrected chi connectivity index (χ0v) is 12.2. The predicted molar refractivity (Wildman–Crippen MR) is 75.7 cm³/mol. The number of hydrogen-bond acceptors (Lipinski definition) is 2. The Labute approximate surface area is 123 Å². The van der Waals surface area contributed by atoms with E-state index in [0.717, 1.165) is 18.9 Å². The number of carbonyl (C=O) groups excluding carboxylic acids is 1. The van der Waals surface area contributed by atoms with Crippen LogP contribution in [0.5, 0.6) is 0 Å². The van der Waals surface area contributed by atoms with Crippen molar-refractivity contribution < 1.29 is 18.7 Å². The first-order chi connectivity index (χ1) is 9.96. The normalized spacial score (nSPS) is 25.6. The molecule has 21 heavy (non-hydrogen) atoms. The van der Waals surface area contributed by atoms with Crippen LogP contribution < -0.4 is 5.32 Å². The Bertz CT molecular complexity index is 521. The summed E-state index contributed by atoms with van der Waals surface area (Å²) < 4.78 is 26.7. The van der Waals surface area contributed by atoms with Gasteiger partial charge in [-0.05, 0) is 24.8 Å². The average molecular weight is 297 g/mol. The fourth-order valence-electron chi connectivity index (χ4n) is 3.15. The van der Waals surface area contributed by atoms with E-state index in [1.54, 1.807) is 0 Å². The van der Waals surface area contributed by atoms with Gasteiger partial charge in [-0.1, -0.05) is 31.9 Å². The predicted octanol–water partition coefficient (Wildman–Crippen LogP) is 2.56. The maximum atomic E-state index is 13.6. The summed E-state index contributed by atoms with van der Waals surface area (Å²) >= 11 is 0. The fourth-order valence-corrected chi connectivity index (χ4v) is 3.15. The van der Waals surface area contributed by atoms with Crippen LogP contribution >= 0.6 is 0 Å². The van der Waals surface area contributed by atoms with Crippen LogP contribution in [0.4, 0.5) is 8.78 Å². The summed E-state index contributed by atoms with van der Waals surface area (Å²) in [4.78, 5) is 12.1. The highest BCUT2D eigenvalue weighted by Crippen LogP contribution is 2.32. The van der Waals surface area contributed by atoms with Crippen LogP contribution in [-0.2, 0) is 11.2 Å². The molecule has 0 bridgehead atoms. The number of rotatable bonds is 4. The lowest BCUT2D eigenvalue weighted by molar-refractivity contribution is -0.123. The molecule has 5 heteroatoms. The third-order valence-corrected chi connectivity index (χ3v) is 4.18. The van der Waals surface area contributed by atoms with Crippen molar-refractivity contribution in [3.8, 4) is 0 Å². The third kappa shape index (κ3) is 3.79. The van der Waals surface area contributed by atoms with Crippen molar-refractivity contribution in [1.29, 1.82) is 0 Å². The molecule has 1 aromatic rings. The highest BCUT2D eigenvalue weighted by atomic mass is 19.2. The molecular formula is C16H21F2NO2. The number of halogens is 2. The van der Waals surface area contributed by atoms with Crippen LogP contribution in [0.15, 0.2) is 18.2 Å². The molecule has 2 rings (SSSR count). The smallest absolute Gasteiger partial charge is 0.225 e. The second-order valence-corrected chi connectivity index (χ2v) is 6.08. The first kappa shape index (κ1) is 15.9. The molecule has 3 nitrogen and oxygen atoms in total. The summed E-state index contributed by atoms with van der Waals surface area (Å²) in [6.45, 7) is 1.96. The number of hydrogen-bond donors (Lipinski definition) is 2. The van der Waals surface area contributed by atoms with E-state index in [2.05, 4.69) is 12.2 Å². The van der Waals surface area contributed by atoms with Crippen LogP contribution in [0, 0.1) is 17.6 Å². The summed E-state index contributed by atoms with van der Waals surface area (Å²) in [5.74, 6) is -1.90. The van der Waals surface area contributed by atoms with Gasteiger partial charge in [0.05, 0.1) is 18.6 Å². The van der Waals surface area contributed by atoms with Gasteiger partial charge in [0.25, 0.3) is 0 Å². The van der Waals surface area contributed by atoms with E-state index >= 15 is 0 Å². The lowest BCUT2D eigenvalue weighted by Gasteiger charge is -2.39. The second-order valence-electron chi connectivity index (χ2n) is 6.08. The molecular weight excluding hydrogens is 276 g/mol. The van der Waals surface area contributed by atoms with E-state index < -0.39 is 17.2 Å². The van der Waals surface area contributed by atoms with Crippen molar-refractivity contribution >= 4 is 5.91 Å². The summed E-state index contributed by atoms with van der Waals surface area (Å²) in [7, 11) is 0. The summed E-state index contributed by atoms with van der Waals surface area (Å²) in [5.41, 5.74) is -0.595. The zero-order valence-electron chi connectivity index (χ0n) is 12.2. The quantitative estimate of drug-likeness (QED) is 0.897. The van der Waals surface area contributed by atoms with Gasteiger partial charge < -0.3 is 10.4 Å². The summed E-state index contributed by atoms with van der Waals surface area (Å²) in [6.07, 6.45) is 3.22. The SMILES string of the molecule is CC1CCCC(CO)(NC(=O)Cc2cccc(F)c2F)C1. The van der Waals surface area contributed by atoms with Gasteiger partial charge in [0.1, 0.15) is 0 Å². The van der Waals surface area contributed by atoms with Crippen molar-refractivity contribution in [1.82, 2.24) is 5.32 Å². The Morgan fingerprint density at radius 3 is 2.90 bits per heavy atom. The molecule has 116 valence electrons. The largest absolute Gasteiger partial charge is 0.394 e.